The van der Waals surface area contributed by atoms with E-state index in [9.17, 15) is 4.79 Å². The predicted octanol–water partition coefficient (Wildman–Crippen LogP) is 1.54. The van der Waals surface area contributed by atoms with Crippen molar-refractivity contribution in [1.82, 2.24) is 10.2 Å². The van der Waals surface area contributed by atoms with E-state index < -0.39 is 0 Å². The summed E-state index contributed by atoms with van der Waals surface area (Å²) in [4.78, 5) is 14.1. The normalized spacial score (nSPS) is 22.4. The fourth-order valence-corrected chi connectivity index (χ4v) is 2.59. The molecule has 1 aliphatic carbocycles. The first-order chi connectivity index (χ1) is 9.79. The monoisotopic (exact) mass is 278 g/mol. The average Bonchev–Trinajstić information content (AvgIpc) is 2.91. The fourth-order valence-electron chi connectivity index (χ4n) is 2.59. The summed E-state index contributed by atoms with van der Waals surface area (Å²) in [6.45, 7) is 2.70. The Morgan fingerprint density at radius 3 is 2.95 bits per heavy atom. The lowest BCUT2D eigenvalue weighted by Gasteiger charge is -2.23. The number of amides is 1. The van der Waals surface area contributed by atoms with E-state index in [1.165, 1.54) is 0 Å². The van der Waals surface area contributed by atoms with E-state index in [0.717, 1.165) is 44.6 Å². The highest BCUT2D eigenvalue weighted by Gasteiger charge is 2.26. The largest absolute Gasteiger partial charge is 0.468 e. The highest BCUT2D eigenvalue weighted by atomic mass is 16.5. The predicted molar refractivity (Wildman–Crippen MR) is 74.1 cm³/mol. The summed E-state index contributed by atoms with van der Waals surface area (Å²) in [5.74, 6) is 0.999. The Labute approximate surface area is 119 Å². The highest BCUT2D eigenvalue weighted by Crippen LogP contribution is 2.19. The van der Waals surface area contributed by atoms with Crippen LogP contribution in [0.1, 0.15) is 31.4 Å². The van der Waals surface area contributed by atoms with Crippen molar-refractivity contribution in [2.75, 3.05) is 19.7 Å². The van der Waals surface area contributed by atoms with E-state index in [2.05, 4.69) is 10.2 Å². The van der Waals surface area contributed by atoms with Crippen LogP contribution in [0.2, 0.25) is 0 Å². The summed E-state index contributed by atoms with van der Waals surface area (Å²) in [5, 5.41) is 3.04. The topological polar surface area (TPSA) is 54.7 Å². The van der Waals surface area contributed by atoms with Crippen LogP contribution in [0.5, 0.6) is 0 Å². The Hall–Kier alpha value is -1.33. The molecule has 1 saturated heterocycles. The first-order valence-electron chi connectivity index (χ1n) is 7.45. The van der Waals surface area contributed by atoms with Gasteiger partial charge in [-0.05, 0) is 37.8 Å². The third-order valence-corrected chi connectivity index (χ3v) is 3.76. The molecule has 1 aromatic heterocycles. The molecule has 1 aromatic rings. The summed E-state index contributed by atoms with van der Waals surface area (Å²) in [6.07, 6.45) is 6.36. The Bertz CT molecular complexity index is 422. The second-order valence-electron chi connectivity index (χ2n) is 5.73. The van der Waals surface area contributed by atoms with E-state index in [0.29, 0.717) is 19.1 Å². The molecule has 20 heavy (non-hydrogen) atoms. The number of furan rings is 1. The Morgan fingerprint density at radius 1 is 1.40 bits per heavy atom. The van der Waals surface area contributed by atoms with Gasteiger partial charge in [-0.15, -0.1) is 0 Å². The number of nitrogens with one attached hydrogen (secondary N) is 1. The van der Waals surface area contributed by atoms with Crippen molar-refractivity contribution in [3.05, 3.63) is 24.2 Å². The Morgan fingerprint density at radius 2 is 2.30 bits per heavy atom. The van der Waals surface area contributed by atoms with Crippen LogP contribution in [0.3, 0.4) is 0 Å². The molecule has 2 fully saturated rings. The van der Waals surface area contributed by atoms with E-state index in [4.69, 9.17) is 9.15 Å². The molecule has 1 amide bonds. The second-order valence-corrected chi connectivity index (χ2v) is 5.73. The second kappa shape index (κ2) is 6.41. The van der Waals surface area contributed by atoms with Crippen molar-refractivity contribution < 1.29 is 13.9 Å². The maximum Gasteiger partial charge on any atom is 0.234 e. The summed E-state index contributed by atoms with van der Waals surface area (Å²) < 4.78 is 11.1. The molecule has 1 unspecified atom stereocenters. The smallest absolute Gasteiger partial charge is 0.234 e. The van der Waals surface area contributed by atoms with Gasteiger partial charge in [-0.3, -0.25) is 9.69 Å². The molecule has 5 nitrogen and oxygen atoms in total. The SMILES string of the molecule is O=C(CN(Cc1ccco1)CC1CCCO1)NC1CC1. The van der Waals surface area contributed by atoms with Gasteiger partial charge in [0.25, 0.3) is 0 Å². The molecule has 5 heteroatoms. The van der Waals surface area contributed by atoms with E-state index >= 15 is 0 Å². The lowest BCUT2D eigenvalue weighted by atomic mass is 10.2. The number of rotatable bonds is 7. The van der Waals surface area contributed by atoms with Gasteiger partial charge in [0.05, 0.1) is 25.5 Å². The van der Waals surface area contributed by atoms with Crippen LogP contribution in [0.25, 0.3) is 0 Å². The van der Waals surface area contributed by atoms with Crippen molar-refractivity contribution >= 4 is 5.91 Å². The molecule has 0 bridgehead atoms. The molecule has 1 atom stereocenters. The highest BCUT2D eigenvalue weighted by molar-refractivity contribution is 5.78. The molecule has 0 aromatic carbocycles. The van der Waals surface area contributed by atoms with Gasteiger partial charge in [-0.1, -0.05) is 0 Å². The Balaban J connectivity index is 1.54. The number of ether oxygens (including phenoxy) is 1. The standard InChI is InChI=1S/C15H22N2O3/c18-15(16-12-5-6-12)11-17(9-13-3-1-7-19-13)10-14-4-2-8-20-14/h1,3,7,12,14H,2,4-6,8-11H2,(H,16,18). The van der Waals surface area contributed by atoms with Gasteiger partial charge < -0.3 is 14.5 Å². The summed E-state index contributed by atoms with van der Waals surface area (Å²) in [7, 11) is 0. The fraction of sp³-hybridized carbons (Fsp3) is 0.667. The number of carbonyl (C=O) groups is 1. The molecule has 3 rings (SSSR count). The number of carbonyl (C=O) groups excluding carboxylic acids is 1. The first-order valence-corrected chi connectivity index (χ1v) is 7.45. The maximum absolute atomic E-state index is 12.0. The number of nitrogens with zero attached hydrogens (tertiary/aromatic N) is 1. The lowest BCUT2D eigenvalue weighted by molar-refractivity contribution is -0.122. The van der Waals surface area contributed by atoms with Gasteiger partial charge >= 0.3 is 0 Å². The average molecular weight is 278 g/mol. The van der Waals surface area contributed by atoms with Crippen LogP contribution in [0.15, 0.2) is 22.8 Å². The summed E-state index contributed by atoms with van der Waals surface area (Å²) in [6, 6.07) is 4.24. The van der Waals surface area contributed by atoms with Gasteiger partial charge in [-0.25, -0.2) is 0 Å². The molecule has 2 aliphatic rings. The van der Waals surface area contributed by atoms with Gasteiger partial charge in [-0.2, -0.15) is 0 Å². The molecule has 1 aliphatic heterocycles. The minimum absolute atomic E-state index is 0.108. The van der Waals surface area contributed by atoms with Crippen molar-refractivity contribution in [3.8, 4) is 0 Å². The minimum atomic E-state index is 0.108. The van der Waals surface area contributed by atoms with Gasteiger partial charge in [0.15, 0.2) is 0 Å². The lowest BCUT2D eigenvalue weighted by Crippen LogP contribution is -2.41. The van der Waals surface area contributed by atoms with Crippen molar-refractivity contribution in [1.29, 1.82) is 0 Å². The zero-order valence-corrected chi connectivity index (χ0v) is 11.7. The quantitative estimate of drug-likeness (QED) is 0.822. The van der Waals surface area contributed by atoms with Crippen molar-refractivity contribution in [2.45, 2.75) is 44.4 Å². The van der Waals surface area contributed by atoms with Crippen LogP contribution >= 0.6 is 0 Å². The zero-order valence-electron chi connectivity index (χ0n) is 11.7. The third kappa shape index (κ3) is 4.08. The molecule has 0 spiro atoms. The summed E-state index contributed by atoms with van der Waals surface area (Å²) >= 11 is 0. The first kappa shape index (κ1) is 13.6. The van der Waals surface area contributed by atoms with Crippen LogP contribution in [-0.2, 0) is 16.1 Å². The van der Waals surface area contributed by atoms with Crippen LogP contribution in [-0.4, -0.2) is 42.6 Å². The van der Waals surface area contributed by atoms with Gasteiger partial charge in [0.2, 0.25) is 5.91 Å². The zero-order chi connectivity index (χ0) is 13.8. The van der Waals surface area contributed by atoms with Crippen LogP contribution in [0.4, 0.5) is 0 Å². The van der Waals surface area contributed by atoms with Crippen LogP contribution in [0, 0.1) is 0 Å². The van der Waals surface area contributed by atoms with E-state index in [1.807, 2.05) is 12.1 Å². The van der Waals surface area contributed by atoms with E-state index in [1.54, 1.807) is 6.26 Å². The molecule has 1 N–H and O–H groups in total. The van der Waals surface area contributed by atoms with Gasteiger partial charge in [0, 0.05) is 19.2 Å². The minimum Gasteiger partial charge on any atom is -0.468 e. The molecule has 110 valence electrons. The summed E-state index contributed by atoms with van der Waals surface area (Å²) in [5.41, 5.74) is 0. The molecule has 0 radical (unpaired) electrons. The number of hydrogen-bond donors (Lipinski definition) is 1. The van der Waals surface area contributed by atoms with E-state index in [-0.39, 0.29) is 12.0 Å². The Kier molecular flexibility index (Phi) is 4.38. The van der Waals surface area contributed by atoms with Crippen LogP contribution < -0.4 is 5.32 Å². The van der Waals surface area contributed by atoms with Crippen molar-refractivity contribution in [2.24, 2.45) is 0 Å². The van der Waals surface area contributed by atoms with Gasteiger partial charge in [0.1, 0.15) is 5.76 Å². The third-order valence-electron chi connectivity index (χ3n) is 3.76. The molecule has 2 heterocycles. The van der Waals surface area contributed by atoms with Crippen molar-refractivity contribution in [3.63, 3.8) is 0 Å². The molecule has 1 saturated carbocycles. The number of hydrogen-bond acceptors (Lipinski definition) is 4. The molecular formula is C15H22N2O3. The molecular weight excluding hydrogens is 256 g/mol. The maximum atomic E-state index is 12.0.